The lowest BCUT2D eigenvalue weighted by Crippen LogP contribution is -2.37. The third-order valence-electron chi connectivity index (χ3n) is 3.11. The maximum Gasteiger partial charge on any atom is 0.244 e. The minimum atomic E-state index is -0.543. The Bertz CT molecular complexity index is 376. The molecule has 1 aliphatic carbocycles. The summed E-state index contributed by atoms with van der Waals surface area (Å²) in [5.41, 5.74) is 5.92. The molecule has 0 aliphatic heterocycles. The number of carbonyl (C=O) groups excluding carboxylic acids is 1. The number of hydrogen-bond acceptors (Lipinski definition) is 4. The molecule has 1 amide bonds. The lowest BCUT2D eigenvalue weighted by atomic mass is 10.2. The minimum Gasteiger partial charge on any atom is -0.379 e. The molecule has 18 heavy (non-hydrogen) atoms. The number of nitrogens with two attached hydrogens (primary N) is 1. The predicted molar refractivity (Wildman–Crippen MR) is 72.4 cm³/mol. The van der Waals surface area contributed by atoms with E-state index in [9.17, 15) is 4.79 Å². The third kappa shape index (κ3) is 3.80. The highest BCUT2D eigenvalue weighted by Gasteiger charge is 2.22. The first-order valence-electron chi connectivity index (χ1n) is 6.30. The van der Waals surface area contributed by atoms with Gasteiger partial charge in [0.25, 0.3) is 0 Å². The summed E-state index contributed by atoms with van der Waals surface area (Å²) in [5, 5.41) is 1.93. The summed E-state index contributed by atoms with van der Waals surface area (Å²) in [6, 6.07) is 3.26. The number of thiophene rings is 1. The Morgan fingerprint density at radius 2 is 2.44 bits per heavy atom. The van der Waals surface area contributed by atoms with Crippen molar-refractivity contribution >= 4 is 17.2 Å². The SMILES string of the molecule is CN(CCOCC1CC1)C(=O)C(N)c1cccs1. The average Bonchev–Trinajstić information content (AvgIpc) is 3.03. The molecule has 0 radical (unpaired) electrons. The van der Waals surface area contributed by atoms with E-state index in [1.165, 1.54) is 24.2 Å². The van der Waals surface area contributed by atoms with Crippen molar-refractivity contribution in [3.8, 4) is 0 Å². The van der Waals surface area contributed by atoms with Gasteiger partial charge in [0.15, 0.2) is 0 Å². The molecule has 0 bridgehead atoms. The molecule has 1 aromatic rings. The predicted octanol–water partition coefficient (Wildman–Crippen LogP) is 1.63. The van der Waals surface area contributed by atoms with Crippen LogP contribution in [-0.2, 0) is 9.53 Å². The van der Waals surface area contributed by atoms with Gasteiger partial charge in [-0.25, -0.2) is 0 Å². The smallest absolute Gasteiger partial charge is 0.244 e. The second-order valence-electron chi connectivity index (χ2n) is 4.77. The van der Waals surface area contributed by atoms with Crippen molar-refractivity contribution in [2.45, 2.75) is 18.9 Å². The summed E-state index contributed by atoms with van der Waals surface area (Å²) < 4.78 is 5.52. The highest BCUT2D eigenvalue weighted by atomic mass is 32.1. The molecule has 1 atom stereocenters. The van der Waals surface area contributed by atoms with E-state index in [1.54, 1.807) is 11.9 Å². The molecular formula is C13H20N2O2S. The molecule has 1 saturated carbocycles. The zero-order valence-electron chi connectivity index (χ0n) is 10.7. The molecule has 0 spiro atoms. The summed E-state index contributed by atoms with van der Waals surface area (Å²) in [6.45, 7) is 2.03. The molecule has 1 aliphatic rings. The van der Waals surface area contributed by atoms with E-state index < -0.39 is 6.04 Å². The summed E-state index contributed by atoms with van der Waals surface area (Å²) in [4.78, 5) is 14.6. The largest absolute Gasteiger partial charge is 0.379 e. The van der Waals surface area contributed by atoms with Crippen LogP contribution in [0.5, 0.6) is 0 Å². The monoisotopic (exact) mass is 268 g/mol. The second-order valence-corrected chi connectivity index (χ2v) is 5.75. The van der Waals surface area contributed by atoms with E-state index in [-0.39, 0.29) is 5.91 Å². The molecule has 0 aromatic carbocycles. The fourth-order valence-corrected chi connectivity index (χ4v) is 2.39. The molecule has 1 aromatic heterocycles. The van der Waals surface area contributed by atoms with E-state index in [0.29, 0.717) is 13.2 Å². The summed E-state index contributed by atoms with van der Waals surface area (Å²) in [7, 11) is 1.77. The molecule has 4 nitrogen and oxygen atoms in total. The van der Waals surface area contributed by atoms with Gasteiger partial charge in [0.05, 0.1) is 6.61 Å². The second kappa shape index (κ2) is 6.31. The van der Waals surface area contributed by atoms with E-state index in [0.717, 1.165) is 17.4 Å². The Balaban J connectivity index is 1.69. The summed E-state index contributed by atoms with van der Waals surface area (Å²) in [6.07, 6.45) is 2.58. The molecule has 100 valence electrons. The number of carbonyl (C=O) groups is 1. The van der Waals surface area contributed by atoms with Crippen LogP contribution >= 0.6 is 11.3 Å². The molecule has 1 fully saturated rings. The highest BCUT2D eigenvalue weighted by molar-refractivity contribution is 7.10. The number of likely N-dealkylation sites (N-methyl/N-ethyl adjacent to an activating group) is 1. The number of nitrogens with zero attached hydrogens (tertiary/aromatic N) is 1. The Hall–Kier alpha value is -0.910. The van der Waals surface area contributed by atoms with Crippen molar-refractivity contribution < 1.29 is 9.53 Å². The maximum absolute atomic E-state index is 12.0. The normalized spacial score (nSPS) is 16.6. The first-order valence-corrected chi connectivity index (χ1v) is 7.18. The fraction of sp³-hybridized carbons (Fsp3) is 0.615. The van der Waals surface area contributed by atoms with Crippen molar-refractivity contribution in [2.24, 2.45) is 11.7 Å². The van der Waals surface area contributed by atoms with Crippen LogP contribution in [0, 0.1) is 5.92 Å². The van der Waals surface area contributed by atoms with E-state index >= 15 is 0 Å². The highest BCUT2D eigenvalue weighted by Crippen LogP contribution is 2.28. The zero-order chi connectivity index (χ0) is 13.0. The van der Waals surface area contributed by atoms with Crippen LogP contribution in [0.15, 0.2) is 17.5 Å². The number of rotatable bonds is 7. The van der Waals surface area contributed by atoms with Crippen LogP contribution in [0.25, 0.3) is 0 Å². The molecule has 1 heterocycles. The van der Waals surface area contributed by atoms with Gasteiger partial charge in [0, 0.05) is 25.1 Å². The summed E-state index contributed by atoms with van der Waals surface area (Å²) >= 11 is 1.51. The van der Waals surface area contributed by atoms with Crippen LogP contribution in [0.4, 0.5) is 0 Å². The number of hydrogen-bond donors (Lipinski definition) is 1. The van der Waals surface area contributed by atoms with Crippen LogP contribution in [0.2, 0.25) is 0 Å². The summed E-state index contributed by atoms with van der Waals surface area (Å²) in [5.74, 6) is 0.715. The molecule has 1 unspecified atom stereocenters. The van der Waals surface area contributed by atoms with E-state index in [2.05, 4.69) is 0 Å². The molecule has 2 N–H and O–H groups in total. The zero-order valence-corrected chi connectivity index (χ0v) is 11.5. The quantitative estimate of drug-likeness (QED) is 0.765. The van der Waals surface area contributed by atoms with Gasteiger partial charge in [0.2, 0.25) is 5.91 Å². The number of amides is 1. The lowest BCUT2D eigenvalue weighted by Gasteiger charge is -2.20. The molecular weight excluding hydrogens is 248 g/mol. The van der Waals surface area contributed by atoms with Crippen molar-refractivity contribution in [1.29, 1.82) is 0 Å². The topological polar surface area (TPSA) is 55.6 Å². The van der Waals surface area contributed by atoms with Crippen LogP contribution in [0.3, 0.4) is 0 Å². The Labute approximate surface area is 112 Å². The van der Waals surface area contributed by atoms with Gasteiger partial charge in [-0.2, -0.15) is 0 Å². The van der Waals surface area contributed by atoms with Gasteiger partial charge < -0.3 is 15.4 Å². The van der Waals surface area contributed by atoms with Gasteiger partial charge in [-0.15, -0.1) is 11.3 Å². The van der Waals surface area contributed by atoms with Gasteiger partial charge in [-0.05, 0) is 30.2 Å². The van der Waals surface area contributed by atoms with Gasteiger partial charge in [-0.3, -0.25) is 4.79 Å². The Morgan fingerprint density at radius 3 is 3.06 bits per heavy atom. The van der Waals surface area contributed by atoms with Crippen LogP contribution < -0.4 is 5.73 Å². The Kier molecular flexibility index (Phi) is 4.74. The number of ether oxygens (including phenoxy) is 1. The van der Waals surface area contributed by atoms with E-state index in [4.69, 9.17) is 10.5 Å². The third-order valence-corrected chi connectivity index (χ3v) is 4.07. The van der Waals surface area contributed by atoms with Crippen molar-refractivity contribution in [3.05, 3.63) is 22.4 Å². The van der Waals surface area contributed by atoms with Crippen molar-refractivity contribution in [3.63, 3.8) is 0 Å². The maximum atomic E-state index is 12.0. The van der Waals surface area contributed by atoms with Crippen LogP contribution in [-0.4, -0.2) is 37.6 Å². The van der Waals surface area contributed by atoms with Gasteiger partial charge >= 0.3 is 0 Å². The fourth-order valence-electron chi connectivity index (χ4n) is 1.67. The van der Waals surface area contributed by atoms with E-state index in [1.807, 2.05) is 17.5 Å². The molecule has 0 saturated heterocycles. The van der Waals surface area contributed by atoms with Gasteiger partial charge in [-0.1, -0.05) is 6.07 Å². The molecule has 2 rings (SSSR count). The first-order chi connectivity index (χ1) is 8.68. The minimum absolute atomic E-state index is 0.0486. The van der Waals surface area contributed by atoms with Crippen molar-refractivity contribution in [2.75, 3.05) is 26.8 Å². The average molecular weight is 268 g/mol. The van der Waals surface area contributed by atoms with Crippen LogP contribution in [0.1, 0.15) is 23.8 Å². The van der Waals surface area contributed by atoms with Crippen molar-refractivity contribution in [1.82, 2.24) is 4.90 Å². The Morgan fingerprint density at radius 1 is 1.67 bits per heavy atom. The first kappa shape index (κ1) is 13.5. The lowest BCUT2D eigenvalue weighted by molar-refractivity contribution is -0.132. The standard InChI is InChI=1S/C13H20N2O2S/c1-15(6-7-17-9-10-4-5-10)13(16)12(14)11-3-2-8-18-11/h2-3,8,10,12H,4-7,9,14H2,1H3. The molecule has 5 heteroatoms. The van der Waals surface area contributed by atoms with Gasteiger partial charge in [0.1, 0.15) is 6.04 Å².